The average molecular weight is 286 g/mol. The van der Waals surface area contributed by atoms with E-state index in [0.717, 1.165) is 42.1 Å². The minimum Gasteiger partial charge on any atom is -0.258 e. The summed E-state index contributed by atoms with van der Waals surface area (Å²) in [7, 11) is 0. The van der Waals surface area contributed by atoms with Crippen LogP contribution in [-0.4, -0.2) is 10.3 Å². The monoisotopic (exact) mass is 285 g/mol. The average Bonchev–Trinajstić information content (AvgIpc) is 2.26. The highest BCUT2D eigenvalue weighted by atomic mass is 79.9. The van der Waals surface area contributed by atoms with Gasteiger partial charge >= 0.3 is 0 Å². The van der Waals surface area contributed by atoms with Crippen molar-refractivity contribution in [2.24, 2.45) is 0 Å². The van der Waals surface area contributed by atoms with Crippen LogP contribution in [0.2, 0.25) is 0 Å². The van der Waals surface area contributed by atoms with Crippen LogP contribution in [0.3, 0.4) is 0 Å². The number of hydrogen-bond donors (Lipinski definition) is 0. The Kier molecular flexibility index (Phi) is 5.46. The lowest BCUT2D eigenvalue weighted by Gasteiger charge is -2.05. The van der Waals surface area contributed by atoms with E-state index in [4.69, 9.17) is 0 Å². The van der Waals surface area contributed by atoms with Gasteiger partial charge in [-0.05, 0) is 30.9 Å². The third kappa shape index (κ3) is 3.59. The van der Waals surface area contributed by atoms with E-state index in [-0.39, 0.29) is 10.6 Å². The van der Waals surface area contributed by atoms with Crippen molar-refractivity contribution in [1.82, 2.24) is 0 Å². The summed E-state index contributed by atoms with van der Waals surface area (Å²) in [5, 5.41) is 11.7. The van der Waals surface area contributed by atoms with Crippen molar-refractivity contribution in [1.29, 1.82) is 0 Å². The number of unbranched alkanes of at least 4 members (excludes halogenated alkanes) is 1. The van der Waals surface area contributed by atoms with Gasteiger partial charge in [-0.2, -0.15) is 0 Å². The van der Waals surface area contributed by atoms with E-state index in [1.165, 1.54) is 0 Å². The molecule has 1 aromatic rings. The summed E-state index contributed by atoms with van der Waals surface area (Å²) in [5.41, 5.74) is 2.28. The standard InChI is InChI=1S/C12H16BrNO2/c1-2-3-4-11-9-10(7-8-13)5-6-12(11)14(15)16/h5-6,9H,2-4,7-8H2,1H3. The molecule has 16 heavy (non-hydrogen) atoms. The van der Waals surface area contributed by atoms with Crippen LogP contribution in [0.1, 0.15) is 30.9 Å². The van der Waals surface area contributed by atoms with E-state index in [9.17, 15) is 10.1 Å². The lowest BCUT2D eigenvalue weighted by molar-refractivity contribution is -0.385. The first-order valence-electron chi connectivity index (χ1n) is 5.51. The highest BCUT2D eigenvalue weighted by Crippen LogP contribution is 2.22. The lowest BCUT2D eigenvalue weighted by Crippen LogP contribution is -1.98. The summed E-state index contributed by atoms with van der Waals surface area (Å²) < 4.78 is 0. The summed E-state index contributed by atoms with van der Waals surface area (Å²) in [6, 6.07) is 5.44. The third-order valence-electron chi connectivity index (χ3n) is 2.52. The molecule has 0 N–H and O–H groups in total. The van der Waals surface area contributed by atoms with E-state index >= 15 is 0 Å². The number of hydrogen-bond acceptors (Lipinski definition) is 2. The number of rotatable bonds is 6. The number of halogens is 1. The molecule has 0 amide bonds. The molecule has 0 aliphatic carbocycles. The first kappa shape index (κ1) is 13.2. The number of nitro benzene ring substituents is 1. The summed E-state index contributed by atoms with van der Waals surface area (Å²) in [4.78, 5) is 10.6. The highest BCUT2D eigenvalue weighted by Gasteiger charge is 2.13. The molecule has 0 saturated heterocycles. The van der Waals surface area contributed by atoms with Crippen LogP contribution in [0.5, 0.6) is 0 Å². The molecule has 0 atom stereocenters. The minimum atomic E-state index is -0.289. The summed E-state index contributed by atoms with van der Waals surface area (Å²) in [6.07, 6.45) is 3.76. The summed E-state index contributed by atoms with van der Waals surface area (Å²) >= 11 is 3.38. The zero-order chi connectivity index (χ0) is 12.0. The number of nitrogens with zero attached hydrogens (tertiary/aromatic N) is 1. The Labute approximate surface area is 104 Å². The molecule has 0 heterocycles. The second-order valence-corrected chi connectivity index (χ2v) is 4.56. The Morgan fingerprint density at radius 1 is 1.38 bits per heavy atom. The minimum absolute atomic E-state index is 0.256. The van der Waals surface area contributed by atoms with Crippen molar-refractivity contribution in [3.8, 4) is 0 Å². The second-order valence-electron chi connectivity index (χ2n) is 3.76. The predicted octanol–water partition coefficient (Wildman–Crippen LogP) is 3.87. The largest absolute Gasteiger partial charge is 0.272 e. The fourth-order valence-corrected chi connectivity index (χ4v) is 2.11. The van der Waals surface area contributed by atoms with Gasteiger partial charge in [-0.25, -0.2) is 0 Å². The van der Waals surface area contributed by atoms with E-state index in [1.807, 2.05) is 12.1 Å². The van der Waals surface area contributed by atoms with Crippen LogP contribution >= 0.6 is 15.9 Å². The zero-order valence-electron chi connectivity index (χ0n) is 9.41. The van der Waals surface area contributed by atoms with E-state index in [1.54, 1.807) is 6.07 Å². The molecule has 88 valence electrons. The molecular formula is C12H16BrNO2. The number of aryl methyl sites for hydroxylation is 2. The van der Waals surface area contributed by atoms with Gasteiger partial charge in [0.05, 0.1) is 4.92 Å². The van der Waals surface area contributed by atoms with E-state index < -0.39 is 0 Å². The Hall–Kier alpha value is -0.900. The van der Waals surface area contributed by atoms with Crippen LogP contribution in [0.25, 0.3) is 0 Å². The first-order chi connectivity index (χ1) is 7.69. The highest BCUT2D eigenvalue weighted by molar-refractivity contribution is 9.09. The Balaban J connectivity index is 2.95. The van der Waals surface area contributed by atoms with Gasteiger partial charge < -0.3 is 0 Å². The van der Waals surface area contributed by atoms with Crippen LogP contribution in [-0.2, 0) is 12.8 Å². The van der Waals surface area contributed by atoms with Gasteiger partial charge in [0.2, 0.25) is 0 Å². The molecule has 0 aromatic heterocycles. The van der Waals surface area contributed by atoms with Crippen molar-refractivity contribution in [2.75, 3.05) is 5.33 Å². The van der Waals surface area contributed by atoms with Gasteiger partial charge in [-0.15, -0.1) is 0 Å². The molecule has 0 bridgehead atoms. The van der Waals surface area contributed by atoms with Crippen molar-refractivity contribution >= 4 is 21.6 Å². The molecule has 1 aromatic carbocycles. The summed E-state index contributed by atoms with van der Waals surface area (Å²) in [5.74, 6) is 0. The normalized spacial score (nSPS) is 10.4. The molecule has 1 rings (SSSR count). The lowest BCUT2D eigenvalue weighted by atomic mass is 10.0. The van der Waals surface area contributed by atoms with Crippen LogP contribution < -0.4 is 0 Å². The Morgan fingerprint density at radius 3 is 2.69 bits per heavy atom. The Bertz CT molecular complexity index is 366. The first-order valence-corrected chi connectivity index (χ1v) is 6.63. The second kappa shape index (κ2) is 6.63. The number of benzene rings is 1. The Morgan fingerprint density at radius 2 is 2.12 bits per heavy atom. The van der Waals surface area contributed by atoms with Gasteiger partial charge in [0.25, 0.3) is 5.69 Å². The maximum absolute atomic E-state index is 10.9. The molecule has 4 heteroatoms. The molecule has 0 fully saturated rings. The fourth-order valence-electron chi connectivity index (χ4n) is 1.65. The predicted molar refractivity (Wildman–Crippen MR) is 69.2 cm³/mol. The van der Waals surface area contributed by atoms with Crippen LogP contribution in [0, 0.1) is 10.1 Å². The third-order valence-corrected chi connectivity index (χ3v) is 2.92. The van der Waals surface area contributed by atoms with Crippen molar-refractivity contribution in [3.05, 3.63) is 39.4 Å². The molecular weight excluding hydrogens is 270 g/mol. The molecule has 0 saturated carbocycles. The zero-order valence-corrected chi connectivity index (χ0v) is 11.0. The van der Waals surface area contributed by atoms with Gasteiger partial charge in [-0.3, -0.25) is 10.1 Å². The fraction of sp³-hybridized carbons (Fsp3) is 0.500. The molecule has 0 unspecified atom stereocenters. The van der Waals surface area contributed by atoms with Gasteiger partial charge in [-0.1, -0.05) is 35.3 Å². The molecule has 0 spiro atoms. The maximum Gasteiger partial charge on any atom is 0.272 e. The quantitative estimate of drug-likeness (QED) is 0.452. The number of nitro groups is 1. The number of alkyl halides is 1. The summed E-state index contributed by atoms with van der Waals surface area (Å²) in [6.45, 7) is 2.09. The molecule has 0 radical (unpaired) electrons. The van der Waals surface area contributed by atoms with E-state index in [0.29, 0.717) is 0 Å². The maximum atomic E-state index is 10.9. The molecule has 0 aliphatic heterocycles. The van der Waals surface area contributed by atoms with Crippen molar-refractivity contribution in [2.45, 2.75) is 32.6 Å². The van der Waals surface area contributed by atoms with E-state index in [2.05, 4.69) is 22.9 Å². The topological polar surface area (TPSA) is 43.1 Å². The molecule has 3 nitrogen and oxygen atoms in total. The SMILES string of the molecule is CCCCc1cc(CCBr)ccc1[N+](=O)[O-]. The van der Waals surface area contributed by atoms with Crippen molar-refractivity contribution < 1.29 is 4.92 Å². The van der Waals surface area contributed by atoms with Crippen molar-refractivity contribution in [3.63, 3.8) is 0 Å². The van der Waals surface area contributed by atoms with Crippen LogP contribution in [0.15, 0.2) is 18.2 Å². The van der Waals surface area contributed by atoms with Gasteiger partial charge in [0.1, 0.15) is 0 Å². The van der Waals surface area contributed by atoms with Gasteiger partial charge in [0, 0.05) is 17.0 Å². The smallest absolute Gasteiger partial charge is 0.258 e. The molecule has 0 aliphatic rings. The van der Waals surface area contributed by atoms with Gasteiger partial charge in [0.15, 0.2) is 0 Å². The van der Waals surface area contributed by atoms with Crippen LogP contribution in [0.4, 0.5) is 5.69 Å².